The number of H-pyrrole nitrogens is 2. The summed E-state index contributed by atoms with van der Waals surface area (Å²) in [6.07, 6.45) is 3.18. The summed E-state index contributed by atoms with van der Waals surface area (Å²) in [7, 11) is 0. The maximum atomic E-state index is 9.84. The Morgan fingerprint density at radius 2 is 2.22 bits per heavy atom. The number of nitrogens with one attached hydrogen (secondary N) is 2. The monoisotopic (exact) mass is 260 g/mol. The number of aliphatic imine (C=N–C) groups is 1. The fraction of sp³-hybridized carbons (Fsp3) is 0. The van der Waals surface area contributed by atoms with Gasteiger partial charge in [0.05, 0.1) is 11.8 Å². The molecule has 2 heterocycles. The van der Waals surface area contributed by atoms with Crippen molar-refractivity contribution in [3.63, 3.8) is 0 Å². The van der Waals surface area contributed by atoms with Crippen LogP contribution in [0.2, 0.25) is 5.02 Å². The molecule has 0 bridgehead atoms. The summed E-state index contributed by atoms with van der Waals surface area (Å²) < 4.78 is 0. The SMILES string of the molecule is Oc1[nH]c2ccc(Cl)cc2c1C=Nc1ccn[nH]1. The normalized spacial score (nSPS) is 11.6. The van der Waals surface area contributed by atoms with Gasteiger partial charge in [-0.3, -0.25) is 5.10 Å². The number of aromatic hydroxyl groups is 1. The number of hydrogen-bond acceptors (Lipinski definition) is 3. The third kappa shape index (κ3) is 1.84. The van der Waals surface area contributed by atoms with Gasteiger partial charge in [0.15, 0.2) is 5.88 Å². The van der Waals surface area contributed by atoms with Gasteiger partial charge in [0, 0.05) is 28.2 Å². The molecule has 0 atom stereocenters. The van der Waals surface area contributed by atoms with Gasteiger partial charge >= 0.3 is 0 Å². The predicted molar refractivity (Wildman–Crippen MR) is 70.8 cm³/mol. The third-order valence-electron chi connectivity index (χ3n) is 2.60. The second-order valence-electron chi connectivity index (χ2n) is 3.78. The van der Waals surface area contributed by atoms with Gasteiger partial charge in [0.25, 0.3) is 0 Å². The molecule has 6 heteroatoms. The standard InChI is InChI=1S/C12H9ClN4O/c13-7-1-2-10-8(5-7)9(12(18)16-10)6-14-11-3-4-15-17-11/h1-6,16,18H,(H,15,17). The van der Waals surface area contributed by atoms with Gasteiger partial charge in [0.1, 0.15) is 5.82 Å². The lowest BCUT2D eigenvalue weighted by Crippen LogP contribution is -1.79. The van der Waals surface area contributed by atoms with E-state index in [0.717, 1.165) is 10.9 Å². The Hall–Kier alpha value is -2.27. The van der Waals surface area contributed by atoms with Gasteiger partial charge in [-0.05, 0) is 18.2 Å². The minimum Gasteiger partial charge on any atom is -0.494 e. The molecule has 0 saturated carbocycles. The molecule has 0 radical (unpaired) electrons. The summed E-state index contributed by atoms with van der Waals surface area (Å²) in [5, 5.41) is 17.8. The van der Waals surface area contributed by atoms with Crippen molar-refractivity contribution in [2.45, 2.75) is 0 Å². The summed E-state index contributed by atoms with van der Waals surface area (Å²) >= 11 is 5.94. The van der Waals surface area contributed by atoms with Crippen LogP contribution in [0.15, 0.2) is 35.5 Å². The molecule has 0 fully saturated rings. The first-order valence-corrected chi connectivity index (χ1v) is 5.65. The van der Waals surface area contributed by atoms with Gasteiger partial charge < -0.3 is 10.1 Å². The first kappa shape index (κ1) is 10.9. The average molecular weight is 261 g/mol. The highest BCUT2D eigenvalue weighted by atomic mass is 35.5. The third-order valence-corrected chi connectivity index (χ3v) is 2.83. The average Bonchev–Trinajstić information content (AvgIpc) is 2.94. The summed E-state index contributed by atoms with van der Waals surface area (Å²) in [5.41, 5.74) is 1.41. The molecule has 0 saturated heterocycles. The van der Waals surface area contributed by atoms with Crippen molar-refractivity contribution >= 4 is 34.5 Å². The van der Waals surface area contributed by atoms with Crippen molar-refractivity contribution in [2.75, 3.05) is 0 Å². The van der Waals surface area contributed by atoms with E-state index < -0.39 is 0 Å². The topological polar surface area (TPSA) is 77.1 Å². The molecule has 0 amide bonds. The largest absolute Gasteiger partial charge is 0.494 e. The molecule has 3 aromatic rings. The van der Waals surface area contributed by atoms with E-state index >= 15 is 0 Å². The van der Waals surface area contributed by atoms with Crippen molar-refractivity contribution in [2.24, 2.45) is 4.99 Å². The zero-order chi connectivity index (χ0) is 12.5. The zero-order valence-corrected chi connectivity index (χ0v) is 9.94. The van der Waals surface area contributed by atoms with Crippen LogP contribution < -0.4 is 0 Å². The van der Waals surface area contributed by atoms with Crippen molar-refractivity contribution < 1.29 is 5.11 Å². The smallest absolute Gasteiger partial charge is 0.198 e. The van der Waals surface area contributed by atoms with E-state index in [1.807, 2.05) is 6.07 Å². The Bertz CT molecular complexity index is 715. The molecule has 2 aromatic heterocycles. The molecule has 3 N–H and O–H groups in total. The number of fused-ring (bicyclic) bond motifs is 1. The van der Waals surface area contributed by atoms with E-state index in [-0.39, 0.29) is 5.88 Å². The van der Waals surface area contributed by atoms with E-state index in [0.29, 0.717) is 16.4 Å². The molecule has 5 nitrogen and oxygen atoms in total. The molecule has 90 valence electrons. The Morgan fingerprint density at radius 1 is 1.33 bits per heavy atom. The second-order valence-corrected chi connectivity index (χ2v) is 4.21. The molecule has 0 aliphatic heterocycles. The van der Waals surface area contributed by atoms with Crippen LogP contribution >= 0.6 is 11.6 Å². The number of nitrogens with zero attached hydrogens (tertiary/aromatic N) is 2. The zero-order valence-electron chi connectivity index (χ0n) is 9.18. The highest BCUT2D eigenvalue weighted by Gasteiger charge is 2.09. The Morgan fingerprint density at radius 3 is 3.00 bits per heavy atom. The van der Waals surface area contributed by atoms with Gasteiger partial charge in [-0.25, -0.2) is 4.99 Å². The predicted octanol–water partition coefficient (Wildman–Crippen LogP) is 3.00. The van der Waals surface area contributed by atoms with Gasteiger partial charge in [-0.15, -0.1) is 0 Å². The highest BCUT2D eigenvalue weighted by Crippen LogP contribution is 2.28. The number of aromatic nitrogens is 3. The van der Waals surface area contributed by atoms with E-state index in [9.17, 15) is 5.11 Å². The molecule has 3 rings (SSSR count). The van der Waals surface area contributed by atoms with Gasteiger partial charge in [-0.1, -0.05) is 11.6 Å². The maximum Gasteiger partial charge on any atom is 0.198 e. The fourth-order valence-electron chi connectivity index (χ4n) is 1.76. The van der Waals surface area contributed by atoms with Crippen molar-refractivity contribution in [3.8, 4) is 5.88 Å². The van der Waals surface area contributed by atoms with Crippen LogP contribution in [-0.2, 0) is 0 Å². The first-order chi connectivity index (χ1) is 8.74. The molecule has 0 aliphatic rings. The van der Waals surface area contributed by atoms with Crippen LogP contribution in [0.4, 0.5) is 5.82 Å². The molecule has 18 heavy (non-hydrogen) atoms. The summed E-state index contributed by atoms with van der Waals surface area (Å²) in [6, 6.07) is 7.08. The number of rotatable bonds is 2. The summed E-state index contributed by atoms with van der Waals surface area (Å²) in [5.74, 6) is 0.682. The van der Waals surface area contributed by atoms with Crippen LogP contribution in [0, 0.1) is 0 Å². The number of aromatic amines is 2. The van der Waals surface area contributed by atoms with Crippen molar-refractivity contribution in [3.05, 3.63) is 41.0 Å². The van der Waals surface area contributed by atoms with Crippen LogP contribution in [0.25, 0.3) is 10.9 Å². The lowest BCUT2D eigenvalue weighted by Gasteiger charge is -1.93. The minimum atomic E-state index is 0.0653. The Kier molecular flexibility index (Phi) is 2.53. The molecule has 1 aromatic carbocycles. The van der Waals surface area contributed by atoms with E-state index in [1.54, 1.807) is 30.6 Å². The van der Waals surface area contributed by atoms with Gasteiger partial charge in [-0.2, -0.15) is 5.10 Å². The maximum absolute atomic E-state index is 9.84. The molecular formula is C12H9ClN4O. The van der Waals surface area contributed by atoms with Crippen molar-refractivity contribution in [1.29, 1.82) is 0 Å². The minimum absolute atomic E-state index is 0.0653. The second kappa shape index (κ2) is 4.19. The van der Waals surface area contributed by atoms with Crippen LogP contribution in [0.5, 0.6) is 5.88 Å². The first-order valence-electron chi connectivity index (χ1n) is 5.27. The lowest BCUT2D eigenvalue weighted by molar-refractivity contribution is 0.457. The molecule has 0 aliphatic carbocycles. The molecule has 0 unspecified atom stereocenters. The Balaban J connectivity index is 2.10. The molecular weight excluding hydrogens is 252 g/mol. The fourth-order valence-corrected chi connectivity index (χ4v) is 1.93. The number of benzene rings is 1. The summed E-state index contributed by atoms with van der Waals surface area (Å²) in [4.78, 5) is 7.05. The lowest BCUT2D eigenvalue weighted by atomic mass is 10.2. The van der Waals surface area contributed by atoms with Crippen LogP contribution in [0.3, 0.4) is 0 Å². The number of halogens is 1. The molecule has 0 spiro atoms. The Labute approximate surface area is 107 Å². The number of hydrogen-bond donors (Lipinski definition) is 3. The van der Waals surface area contributed by atoms with Crippen molar-refractivity contribution in [1.82, 2.24) is 15.2 Å². The van der Waals surface area contributed by atoms with Crippen LogP contribution in [0.1, 0.15) is 5.56 Å². The summed E-state index contributed by atoms with van der Waals surface area (Å²) in [6.45, 7) is 0. The van der Waals surface area contributed by atoms with Gasteiger partial charge in [0.2, 0.25) is 0 Å². The van der Waals surface area contributed by atoms with E-state index in [1.165, 1.54) is 0 Å². The quantitative estimate of drug-likeness (QED) is 0.620. The van der Waals surface area contributed by atoms with Crippen LogP contribution in [-0.4, -0.2) is 26.5 Å². The van der Waals surface area contributed by atoms with E-state index in [4.69, 9.17) is 11.6 Å². The highest BCUT2D eigenvalue weighted by molar-refractivity contribution is 6.31. The van der Waals surface area contributed by atoms with E-state index in [2.05, 4.69) is 20.2 Å².